The molecule has 1 fully saturated rings. The van der Waals surface area contributed by atoms with Crippen LogP contribution in [0.1, 0.15) is 33.1 Å². The average Bonchev–Trinajstić information content (AvgIpc) is 2.78. The van der Waals surface area contributed by atoms with Crippen LogP contribution in [0.25, 0.3) is 0 Å². The van der Waals surface area contributed by atoms with Crippen molar-refractivity contribution in [2.75, 3.05) is 0 Å². The fourth-order valence-corrected chi connectivity index (χ4v) is 3.25. The summed E-state index contributed by atoms with van der Waals surface area (Å²) in [4.78, 5) is 12.1. The highest BCUT2D eigenvalue weighted by Crippen LogP contribution is 2.29. The Bertz CT molecular complexity index is 495. The molecule has 0 spiro atoms. The third kappa shape index (κ3) is 4.13. The maximum atomic E-state index is 12.1. The summed E-state index contributed by atoms with van der Waals surface area (Å²) >= 11 is 9.26. The van der Waals surface area contributed by atoms with E-state index in [1.165, 1.54) is 6.42 Å². The van der Waals surface area contributed by atoms with Gasteiger partial charge in [0.05, 0.1) is 4.47 Å². The van der Waals surface area contributed by atoms with E-state index in [2.05, 4.69) is 28.2 Å². The maximum absolute atomic E-state index is 12.1. The topological polar surface area (TPSA) is 38.3 Å². The zero-order valence-corrected chi connectivity index (χ0v) is 14.0. The summed E-state index contributed by atoms with van der Waals surface area (Å²) in [5, 5.41) is 3.68. The highest BCUT2D eigenvalue weighted by molar-refractivity contribution is 9.10. The fraction of sp³-hybridized carbons (Fsp3) is 0.533. The molecular weight excluding hydrogens is 342 g/mol. The van der Waals surface area contributed by atoms with E-state index in [4.69, 9.17) is 16.3 Å². The molecule has 3 unspecified atom stereocenters. The first kappa shape index (κ1) is 15.6. The van der Waals surface area contributed by atoms with Gasteiger partial charge in [-0.1, -0.05) is 18.5 Å². The lowest BCUT2D eigenvalue weighted by molar-refractivity contribution is -0.128. The molecule has 1 saturated carbocycles. The van der Waals surface area contributed by atoms with Crippen LogP contribution in [-0.2, 0) is 4.79 Å². The van der Waals surface area contributed by atoms with Gasteiger partial charge in [-0.3, -0.25) is 4.79 Å². The monoisotopic (exact) mass is 359 g/mol. The van der Waals surface area contributed by atoms with Crippen molar-refractivity contribution in [2.24, 2.45) is 5.92 Å². The molecule has 2 rings (SSSR count). The molecule has 0 aromatic heterocycles. The van der Waals surface area contributed by atoms with Gasteiger partial charge in [0.25, 0.3) is 5.91 Å². The van der Waals surface area contributed by atoms with Crippen LogP contribution in [0.5, 0.6) is 5.75 Å². The SMILES string of the molecule is CC1CCC(NC(=O)C(C)Oc2ccc(Cl)cc2Br)C1. The number of carbonyl (C=O) groups is 1. The minimum Gasteiger partial charge on any atom is -0.480 e. The average molecular weight is 361 g/mol. The largest absolute Gasteiger partial charge is 0.480 e. The Morgan fingerprint density at radius 1 is 1.50 bits per heavy atom. The van der Waals surface area contributed by atoms with E-state index in [-0.39, 0.29) is 11.9 Å². The van der Waals surface area contributed by atoms with Crippen LogP contribution < -0.4 is 10.1 Å². The molecule has 0 bridgehead atoms. The minimum atomic E-state index is -0.525. The smallest absolute Gasteiger partial charge is 0.260 e. The molecule has 0 saturated heterocycles. The van der Waals surface area contributed by atoms with Crippen LogP contribution in [-0.4, -0.2) is 18.1 Å². The van der Waals surface area contributed by atoms with E-state index < -0.39 is 6.10 Å². The molecule has 1 aliphatic rings. The molecule has 0 aliphatic heterocycles. The molecule has 1 aliphatic carbocycles. The number of carbonyl (C=O) groups excluding carboxylic acids is 1. The molecule has 1 N–H and O–H groups in total. The maximum Gasteiger partial charge on any atom is 0.260 e. The van der Waals surface area contributed by atoms with Gasteiger partial charge in [-0.25, -0.2) is 0 Å². The van der Waals surface area contributed by atoms with Crippen molar-refractivity contribution in [3.63, 3.8) is 0 Å². The standard InChI is InChI=1S/C15H19BrClNO2/c1-9-3-5-12(7-9)18-15(19)10(2)20-14-6-4-11(17)8-13(14)16/h4,6,8-10,12H,3,5,7H2,1-2H3,(H,18,19). The summed E-state index contributed by atoms with van der Waals surface area (Å²) in [6, 6.07) is 5.54. The van der Waals surface area contributed by atoms with Crippen molar-refractivity contribution in [2.45, 2.75) is 45.3 Å². The van der Waals surface area contributed by atoms with Gasteiger partial charge in [-0.05, 0) is 66.2 Å². The highest BCUT2D eigenvalue weighted by atomic mass is 79.9. The number of hydrogen-bond donors (Lipinski definition) is 1. The Kier molecular flexibility index (Phi) is 5.33. The van der Waals surface area contributed by atoms with E-state index in [0.717, 1.165) is 17.3 Å². The number of ether oxygens (including phenoxy) is 1. The second-order valence-corrected chi connectivity index (χ2v) is 6.75. The molecule has 110 valence electrons. The van der Waals surface area contributed by atoms with Crippen molar-refractivity contribution >= 4 is 33.4 Å². The van der Waals surface area contributed by atoms with E-state index in [1.807, 2.05) is 0 Å². The summed E-state index contributed by atoms with van der Waals surface area (Å²) < 4.78 is 6.43. The van der Waals surface area contributed by atoms with Crippen LogP contribution in [0.4, 0.5) is 0 Å². The van der Waals surface area contributed by atoms with Gasteiger partial charge in [-0.15, -0.1) is 0 Å². The van der Waals surface area contributed by atoms with Crippen molar-refractivity contribution in [1.29, 1.82) is 0 Å². The predicted molar refractivity (Wildman–Crippen MR) is 84.2 cm³/mol. The van der Waals surface area contributed by atoms with E-state index in [0.29, 0.717) is 16.7 Å². The summed E-state index contributed by atoms with van der Waals surface area (Å²) in [5.41, 5.74) is 0. The first-order valence-electron chi connectivity index (χ1n) is 6.87. The summed E-state index contributed by atoms with van der Waals surface area (Å²) in [6.07, 6.45) is 2.78. The lowest BCUT2D eigenvalue weighted by Crippen LogP contribution is -2.41. The van der Waals surface area contributed by atoms with Crippen LogP contribution in [0, 0.1) is 5.92 Å². The zero-order chi connectivity index (χ0) is 14.7. The number of hydrogen-bond acceptors (Lipinski definition) is 2. The van der Waals surface area contributed by atoms with Crippen molar-refractivity contribution in [3.8, 4) is 5.75 Å². The third-order valence-corrected chi connectivity index (χ3v) is 4.46. The first-order chi connectivity index (χ1) is 9.45. The third-order valence-electron chi connectivity index (χ3n) is 3.61. The fourth-order valence-electron chi connectivity index (χ4n) is 2.47. The van der Waals surface area contributed by atoms with E-state index in [9.17, 15) is 4.79 Å². The molecule has 1 aromatic carbocycles. The first-order valence-corrected chi connectivity index (χ1v) is 8.05. The molecule has 0 radical (unpaired) electrons. The van der Waals surface area contributed by atoms with Gasteiger partial charge in [0.1, 0.15) is 5.75 Å². The normalized spacial score (nSPS) is 23.4. The quantitative estimate of drug-likeness (QED) is 0.875. The second-order valence-electron chi connectivity index (χ2n) is 5.46. The highest BCUT2D eigenvalue weighted by Gasteiger charge is 2.25. The van der Waals surface area contributed by atoms with Gasteiger partial charge in [-0.2, -0.15) is 0 Å². The summed E-state index contributed by atoms with van der Waals surface area (Å²) in [7, 11) is 0. The molecule has 3 atom stereocenters. The molecule has 1 aromatic rings. The van der Waals surface area contributed by atoms with Crippen molar-refractivity contribution in [3.05, 3.63) is 27.7 Å². The summed E-state index contributed by atoms with van der Waals surface area (Å²) in [6.45, 7) is 3.98. The van der Waals surface area contributed by atoms with Crippen LogP contribution in [0.2, 0.25) is 5.02 Å². The summed E-state index contributed by atoms with van der Waals surface area (Å²) in [5.74, 6) is 1.25. The predicted octanol–water partition coefficient (Wildman–Crippen LogP) is 4.17. The lowest BCUT2D eigenvalue weighted by atomic mass is 10.1. The van der Waals surface area contributed by atoms with E-state index in [1.54, 1.807) is 25.1 Å². The molecule has 3 nitrogen and oxygen atoms in total. The molecule has 0 heterocycles. The van der Waals surface area contributed by atoms with Gasteiger partial charge < -0.3 is 10.1 Å². The van der Waals surface area contributed by atoms with Crippen LogP contribution >= 0.6 is 27.5 Å². The number of amides is 1. The second kappa shape index (κ2) is 6.81. The van der Waals surface area contributed by atoms with Crippen molar-refractivity contribution in [1.82, 2.24) is 5.32 Å². The van der Waals surface area contributed by atoms with Gasteiger partial charge >= 0.3 is 0 Å². The Labute approximate surface area is 133 Å². The Balaban J connectivity index is 1.90. The van der Waals surface area contributed by atoms with Gasteiger partial charge in [0.2, 0.25) is 0 Å². The molecule has 1 amide bonds. The Morgan fingerprint density at radius 3 is 2.85 bits per heavy atom. The Hall–Kier alpha value is -0.740. The number of nitrogens with one attached hydrogen (secondary N) is 1. The number of benzene rings is 1. The van der Waals surface area contributed by atoms with Crippen LogP contribution in [0.15, 0.2) is 22.7 Å². The van der Waals surface area contributed by atoms with Crippen molar-refractivity contribution < 1.29 is 9.53 Å². The van der Waals surface area contributed by atoms with E-state index >= 15 is 0 Å². The van der Waals surface area contributed by atoms with Gasteiger partial charge in [0, 0.05) is 11.1 Å². The Morgan fingerprint density at radius 2 is 2.25 bits per heavy atom. The number of halogens is 2. The van der Waals surface area contributed by atoms with Crippen LogP contribution in [0.3, 0.4) is 0 Å². The zero-order valence-electron chi connectivity index (χ0n) is 11.7. The lowest BCUT2D eigenvalue weighted by Gasteiger charge is -2.19. The molecular formula is C15H19BrClNO2. The molecule has 20 heavy (non-hydrogen) atoms. The van der Waals surface area contributed by atoms with Gasteiger partial charge in [0.15, 0.2) is 6.10 Å². The molecule has 5 heteroatoms. The number of rotatable bonds is 4. The minimum absolute atomic E-state index is 0.0639.